The summed E-state index contributed by atoms with van der Waals surface area (Å²) in [7, 11) is -3.01. The van der Waals surface area contributed by atoms with Crippen molar-refractivity contribution >= 4 is 9.84 Å². The van der Waals surface area contributed by atoms with Gasteiger partial charge >= 0.3 is 0 Å². The van der Waals surface area contributed by atoms with Crippen molar-refractivity contribution in [1.29, 1.82) is 0 Å². The summed E-state index contributed by atoms with van der Waals surface area (Å²) >= 11 is 0. The molecule has 1 aliphatic rings. The Kier molecular flexibility index (Phi) is 7.52. The fourth-order valence-electron chi connectivity index (χ4n) is 3.53. The van der Waals surface area contributed by atoms with Crippen LogP contribution in [-0.2, 0) is 16.4 Å². The molecule has 6 nitrogen and oxygen atoms in total. The first kappa shape index (κ1) is 21.6. The van der Waals surface area contributed by atoms with Gasteiger partial charge in [-0.2, -0.15) is 0 Å². The molecule has 158 valence electrons. The quantitative estimate of drug-likeness (QED) is 0.638. The first-order valence-corrected chi connectivity index (χ1v) is 11.8. The Morgan fingerprint density at radius 1 is 1.07 bits per heavy atom. The molecule has 1 N–H and O–H groups in total. The van der Waals surface area contributed by atoms with Crippen LogP contribution in [-0.4, -0.2) is 61.8 Å². The molecule has 2 aromatic rings. The van der Waals surface area contributed by atoms with E-state index < -0.39 is 15.9 Å². The minimum atomic E-state index is -3.01. The van der Waals surface area contributed by atoms with Crippen molar-refractivity contribution in [2.75, 3.05) is 31.3 Å². The zero-order valence-corrected chi connectivity index (χ0v) is 17.6. The van der Waals surface area contributed by atoms with E-state index in [1.807, 2.05) is 61.5 Å². The number of hydrogen-bond donors (Lipinski definition) is 1. The lowest BCUT2D eigenvalue weighted by atomic mass is 10.1. The monoisotopic (exact) mass is 419 g/mol. The molecule has 3 rings (SSSR count). The largest absolute Gasteiger partial charge is 0.494 e. The number of benzene rings is 2. The number of sulfone groups is 1. The summed E-state index contributed by atoms with van der Waals surface area (Å²) < 4.78 is 35.1. The maximum atomic E-state index is 12.0. The van der Waals surface area contributed by atoms with Crippen molar-refractivity contribution in [3.05, 3.63) is 60.2 Å². The first-order valence-electron chi connectivity index (χ1n) is 9.97. The number of rotatable bonds is 10. The molecular formula is C22H29NO5S. The predicted octanol–water partition coefficient (Wildman–Crippen LogP) is 2.51. The summed E-state index contributed by atoms with van der Waals surface area (Å²) in [6.45, 7) is 3.62. The van der Waals surface area contributed by atoms with Gasteiger partial charge in [-0.25, -0.2) is 8.42 Å². The van der Waals surface area contributed by atoms with E-state index in [0.29, 0.717) is 31.9 Å². The molecule has 2 aromatic carbocycles. The van der Waals surface area contributed by atoms with Gasteiger partial charge in [0.15, 0.2) is 9.84 Å². The second-order valence-corrected chi connectivity index (χ2v) is 9.57. The third-order valence-corrected chi connectivity index (χ3v) is 6.73. The highest BCUT2D eigenvalue weighted by atomic mass is 32.2. The second kappa shape index (κ2) is 10.1. The lowest BCUT2D eigenvalue weighted by Crippen LogP contribution is -2.42. The van der Waals surface area contributed by atoms with Crippen molar-refractivity contribution in [1.82, 2.24) is 4.90 Å². The summed E-state index contributed by atoms with van der Waals surface area (Å²) in [6.07, 6.45) is -0.132. The van der Waals surface area contributed by atoms with Crippen molar-refractivity contribution in [3.8, 4) is 11.5 Å². The molecule has 2 unspecified atom stereocenters. The van der Waals surface area contributed by atoms with Crippen LogP contribution in [0.2, 0.25) is 0 Å². The number of para-hydroxylation sites is 1. The van der Waals surface area contributed by atoms with Crippen molar-refractivity contribution in [2.24, 2.45) is 0 Å². The molecule has 29 heavy (non-hydrogen) atoms. The van der Waals surface area contributed by atoms with Crippen LogP contribution in [0, 0.1) is 0 Å². The van der Waals surface area contributed by atoms with E-state index in [1.54, 1.807) is 0 Å². The molecule has 1 aliphatic heterocycles. The molecule has 0 aliphatic carbocycles. The summed E-state index contributed by atoms with van der Waals surface area (Å²) in [5.41, 5.74) is 1.05. The topological polar surface area (TPSA) is 76.1 Å². The molecule has 1 fully saturated rings. The number of aliphatic hydroxyl groups is 1. The van der Waals surface area contributed by atoms with Crippen LogP contribution in [0.15, 0.2) is 54.6 Å². The molecule has 1 saturated heterocycles. The van der Waals surface area contributed by atoms with Gasteiger partial charge in [-0.05, 0) is 43.2 Å². The summed E-state index contributed by atoms with van der Waals surface area (Å²) in [5, 5.41) is 10.5. The maximum Gasteiger partial charge on any atom is 0.151 e. The fraction of sp³-hybridized carbons (Fsp3) is 0.455. The lowest BCUT2D eigenvalue weighted by molar-refractivity contribution is 0.0524. The Hall–Kier alpha value is -2.09. The van der Waals surface area contributed by atoms with Gasteiger partial charge in [-0.3, -0.25) is 4.90 Å². The van der Waals surface area contributed by atoms with E-state index >= 15 is 0 Å². The summed E-state index contributed by atoms with van der Waals surface area (Å²) in [6, 6.07) is 17.0. The number of nitrogens with zero attached hydrogens (tertiary/aromatic N) is 1. The normalized spacial score (nSPS) is 19.2. The molecule has 2 atom stereocenters. The minimum absolute atomic E-state index is 0.0991. The number of ether oxygens (including phenoxy) is 2. The van der Waals surface area contributed by atoms with Crippen molar-refractivity contribution in [3.63, 3.8) is 0 Å². The van der Waals surface area contributed by atoms with Crippen LogP contribution in [0.4, 0.5) is 0 Å². The average molecular weight is 420 g/mol. The number of aliphatic hydroxyl groups excluding tert-OH is 1. The smallest absolute Gasteiger partial charge is 0.151 e. The zero-order valence-electron chi connectivity index (χ0n) is 16.7. The Morgan fingerprint density at radius 2 is 1.76 bits per heavy atom. The van der Waals surface area contributed by atoms with Gasteiger partial charge in [0.2, 0.25) is 0 Å². The lowest BCUT2D eigenvalue weighted by Gasteiger charge is -2.30. The van der Waals surface area contributed by atoms with Crippen LogP contribution in [0.5, 0.6) is 11.5 Å². The van der Waals surface area contributed by atoms with Crippen molar-refractivity contribution < 1.29 is 23.0 Å². The van der Waals surface area contributed by atoms with Gasteiger partial charge in [0.1, 0.15) is 24.2 Å². The first-order chi connectivity index (χ1) is 13.9. The Balaban J connectivity index is 1.64. The molecule has 1 heterocycles. The molecule has 0 amide bonds. The van der Waals surface area contributed by atoms with Crippen LogP contribution in [0.1, 0.15) is 18.9 Å². The van der Waals surface area contributed by atoms with Crippen molar-refractivity contribution in [2.45, 2.75) is 32.0 Å². The van der Waals surface area contributed by atoms with Crippen LogP contribution in [0.25, 0.3) is 0 Å². The van der Waals surface area contributed by atoms with Gasteiger partial charge < -0.3 is 14.6 Å². The van der Waals surface area contributed by atoms with E-state index in [1.165, 1.54) is 0 Å². The Labute approximate surface area is 173 Å². The third kappa shape index (κ3) is 6.73. The standard InChI is InChI=1S/C22H29NO5S/c1-2-27-22-10-8-18(9-11-22)14-23(19-12-13-29(25,26)17-19)15-20(24)16-28-21-6-4-3-5-7-21/h3-11,19-20,24H,2,12-17H2,1H3. The maximum absolute atomic E-state index is 12.0. The van der Waals surface area contributed by atoms with Gasteiger partial charge in [-0.1, -0.05) is 30.3 Å². The van der Waals surface area contributed by atoms with Crippen LogP contribution >= 0.6 is 0 Å². The molecular weight excluding hydrogens is 390 g/mol. The van der Waals surface area contributed by atoms with Crippen LogP contribution < -0.4 is 9.47 Å². The van der Waals surface area contributed by atoms with E-state index in [-0.39, 0.29) is 24.2 Å². The molecule has 0 bridgehead atoms. The molecule has 0 saturated carbocycles. The highest BCUT2D eigenvalue weighted by Gasteiger charge is 2.33. The number of hydrogen-bond acceptors (Lipinski definition) is 6. The molecule has 0 radical (unpaired) electrons. The zero-order chi connectivity index (χ0) is 20.7. The third-order valence-electron chi connectivity index (χ3n) is 4.98. The van der Waals surface area contributed by atoms with Gasteiger partial charge in [-0.15, -0.1) is 0 Å². The van der Waals surface area contributed by atoms with E-state index in [0.717, 1.165) is 11.3 Å². The fourth-order valence-corrected chi connectivity index (χ4v) is 5.29. The van der Waals surface area contributed by atoms with Gasteiger partial charge in [0.25, 0.3) is 0 Å². The summed E-state index contributed by atoms with van der Waals surface area (Å²) in [4.78, 5) is 2.05. The molecule has 7 heteroatoms. The van der Waals surface area contributed by atoms with E-state index in [9.17, 15) is 13.5 Å². The summed E-state index contributed by atoms with van der Waals surface area (Å²) in [5.74, 6) is 1.85. The minimum Gasteiger partial charge on any atom is -0.494 e. The second-order valence-electron chi connectivity index (χ2n) is 7.34. The predicted molar refractivity (Wildman–Crippen MR) is 113 cm³/mol. The highest BCUT2D eigenvalue weighted by molar-refractivity contribution is 7.91. The molecule has 0 aromatic heterocycles. The Bertz CT molecular complexity index is 855. The van der Waals surface area contributed by atoms with Crippen LogP contribution in [0.3, 0.4) is 0 Å². The van der Waals surface area contributed by atoms with E-state index in [4.69, 9.17) is 9.47 Å². The molecule has 0 spiro atoms. The average Bonchev–Trinajstić information content (AvgIpc) is 3.08. The van der Waals surface area contributed by atoms with Gasteiger partial charge in [0.05, 0.1) is 18.1 Å². The van der Waals surface area contributed by atoms with Gasteiger partial charge in [0, 0.05) is 19.1 Å². The van der Waals surface area contributed by atoms with E-state index in [2.05, 4.69) is 4.90 Å². The SMILES string of the molecule is CCOc1ccc(CN(CC(O)COc2ccccc2)C2CCS(=O)(=O)C2)cc1. The Morgan fingerprint density at radius 3 is 2.38 bits per heavy atom. The highest BCUT2D eigenvalue weighted by Crippen LogP contribution is 2.22.